The molecule has 0 spiro atoms. The highest BCUT2D eigenvalue weighted by Gasteiger charge is 2.22. The number of hydrogen-bond acceptors (Lipinski definition) is 3. The third kappa shape index (κ3) is 5.05. The van der Waals surface area contributed by atoms with Crippen molar-refractivity contribution in [3.8, 4) is 0 Å². The number of ether oxygens (including phenoxy) is 1. The molecule has 3 nitrogen and oxygen atoms in total. The molecule has 0 aromatic carbocycles. The van der Waals surface area contributed by atoms with Gasteiger partial charge in [-0.05, 0) is 70.1 Å². The van der Waals surface area contributed by atoms with Gasteiger partial charge >= 0.3 is 0 Å². The van der Waals surface area contributed by atoms with Crippen molar-refractivity contribution in [3.05, 3.63) is 0 Å². The Kier molecular flexibility index (Phi) is 6.62. The Bertz CT molecular complexity index is 235. The van der Waals surface area contributed by atoms with Crippen molar-refractivity contribution in [2.45, 2.75) is 52.1 Å². The minimum Gasteiger partial charge on any atom is -0.377 e. The predicted octanol–water partition coefficient (Wildman–Crippen LogP) is 2.51. The molecule has 0 saturated carbocycles. The summed E-state index contributed by atoms with van der Waals surface area (Å²) in [6, 6.07) is 0. The maximum absolute atomic E-state index is 5.76. The number of rotatable bonds is 7. The quantitative estimate of drug-likeness (QED) is 0.768. The Morgan fingerprint density at radius 3 is 2.84 bits per heavy atom. The van der Waals surface area contributed by atoms with E-state index < -0.39 is 0 Å². The van der Waals surface area contributed by atoms with E-state index >= 15 is 0 Å². The minimum atomic E-state index is 0.506. The van der Waals surface area contributed by atoms with Gasteiger partial charge in [0.05, 0.1) is 6.10 Å². The lowest BCUT2D eigenvalue weighted by Crippen LogP contribution is -2.36. The summed E-state index contributed by atoms with van der Waals surface area (Å²) in [5.41, 5.74) is 0. The topological polar surface area (TPSA) is 24.5 Å². The van der Waals surface area contributed by atoms with Crippen LogP contribution >= 0.6 is 0 Å². The van der Waals surface area contributed by atoms with Crippen molar-refractivity contribution in [1.82, 2.24) is 10.2 Å². The van der Waals surface area contributed by atoms with Gasteiger partial charge in [0, 0.05) is 13.2 Å². The normalized spacial score (nSPS) is 29.8. The molecule has 0 aliphatic carbocycles. The Labute approximate surface area is 119 Å². The zero-order chi connectivity index (χ0) is 13.5. The first-order chi connectivity index (χ1) is 9.29. The average molecular weight is 268 g/mol. The Balaban J connectivity index is 1.66. The second kappa shape index (κ2) is 8.23. The zero-order valence-corrected chi connectivity index (χ0v) is 12.9. The van der Waals surface area contributed by atoms with E-state index in [0.29, 0.717) is 6.10 Å². The molecule has 0 bridgehead atoms. The maximum atomic E-state index is 5.76. The van der Waals surface area contributed by atoms with Gasteiger partial charge in [-0.3, -0.25) is 0 Å². The molecule has 0 radical (unpaired) electrons. The summed E-state index contributed by atoms with van der Waals surface area (Å²) in [5.74, 6) is 1.75. The summed E-state index contributed by atoms with van der Waals surface area (Å²) in [7, 11) is 0. The van der Waals surface area contributed by atoms with E-state index in [0.717, 1.165) is 31.5 Å². The van der Waals surface area contributed by atoms with Gasteiger partial charge in [-0.15, -0.1) is 0 Å². The van der Waals surface area contributed by atoms with Gasteiger partial charge in [0.2, 0.25) is 0 Å². The second-order valence-corrected chi connectivity index (χ2v) is 6.40. The van der Waals surface area contributed by atoms with E-state index in [4.69, 9.17) is 4.74 Å². The van der Waals surface area contributed by atoms with E-state index in [9.17, 15) is 0 Å². The van der Waals surface area contributed by atoms with Crippen LogP contribution in [0, 0.1) is 11.8 Å². The van der Waals surface area contributed by atoms with Gasteiger partial charge in [-0.2, -0.15) is 0 Å². The highest BCUT2D eigenvalue weighted by atomic mass is 16.5. The zero-order valence-electron chi connectivity index (χ0n) is 12.9. The Morgan fingerprint density at radius 2 is 2.21 bits per heavy atom. The maximum Gasteiger partial charge on any atom is 0.0702 e. The van der Waals surface area contributed by atoms with Crippen LogP contribution in [0.3, 0.4) is 0 Å². The average Bonchev–Trinajstić information content (AvgIpc) is 2.97. The molecule has 112 valence electrons. The van der Waals surface area contributed by atoms with Crippen LogP contribution < -0.4 is 5.32 Å². The van der Waals surface area contributed by atoms with Crippen LogP contribution in [0.5, 0.6) is 0 Å². The lowest BCUT2D eigenvalue weighted by atomic mass is 9.85. The fourth-order valence-corrected chi connectivity index (χ4v) is 3.44. The lowest BCUT2D eigenvalue weighted by molar-refractivity contribution is 0.0716. The molecule has 0 aromatic rings. The van der Waals surface area contributed by atoms with Crippen LogP contribution in [0.2, 0.25) is 0 Å². The van der Waals surface area contributed by atoms with Crippen molar-refractivity contribution in [1.29, 1.82) is 0 Å². The molecule has 0 aromatic heterocycles. The summed E-state index contributed by atoms with van der Waals surface area (Å²) in [6.07, 6.45) is 7.15. The number of hydrogen-bond donors (Lipinski definition) is 1. The van der Waals surface area contributed by atoms with Crippen LogP contribution in [0.25, 0.3) is 0 Å². The summed E-state index contributed by atoms with van der Waals surface area (Å²) < 4.78 is 5.76. The number of nitrogens with one attached hydrogen (secondary N) is 1. The first-order valence-electron chi connectivity index (χ1n) is 8.34. The summed E-state index contributed by atoms with van der Waals surface area (Å²) in [5, 5.41) is 3.54. The van der Waals surface area contributed by atoms with E-state index in [1.165, 1.54) is 51.7 Å². The van der Waals surface area contributed by atoms with Gasteiger partial charge in [-0.25, -0.2) is 0 Å². The smallest absolute Gasteiger partial charge is 0.0702 e. The molecule has 2 rings (SSSR count). The van der Waals surface area contributed by atoms with Gasteiger partial charge in [0.15, 0.2) is 0 Å². The first kappa shape index (κ1) is 15.3. The monoisotopic (exact) mass is 268 g/mol. The molecule has 1 N–H and O–H groups in total. The van der Waals surface area contributed by atoms with Crippen LogP contribution in [0.15, 0.2) is 0 Å². The van der Waals surface area contributed by atoms with Gasteiger partial charge < -0.3 is 15.0 Å². The van der Waals surface area contributed by atoms with E-state index in [1.54, 1.807) is 0 Å². The summed E-state index contributed by atoms with van der Waals surface area (Å²) in [6.45, 7) is 11.7. The van der Waals surface area contributed by atoms with E-state index in [-0.39, 0.29) is 0 Å². The fourth-order valence-electron chi connectivity index (χ4n) is 3.44. The molecule has 3 atom stereocenters. The molecular formula is C16H32N2O. The largest absolute Gasteiger partial charge is 0.377 e. The first-order valence-corrected chi connectivity index (χ1v) is 8.34. The highest BCUT2D eigenvalue weighted by molar-refractivity contribution is 4.76. The second-order valence-electron chi connectivity index (χ2n) is 6.40. The van der Waals surface area contributed by atoms with Crippen molar-refractivity contribution < 1.29 is 4.74 Å². The van der Waals surface area contributed by atoms with Crippen LogP contribution in [-0.2, 0) is 4.74 Å². The van der Waals surface area contributed by atoms with Crippen LogP contribution in [0.4, 0.5) is 0 Å². The molecule has 2 aliphatic rings. The van der Waals surface area contributed by atoms with Crippen molar-refractivity contribution in [2.24, 2.45) is 11.8 Å². The lowest BCUT2D eigenvalue weighted by Gasteiger charge is -2.30. The molecule has 3 unspecified atom stereocenters. The van der Waals surface area contributed by atoms with Crippen molar-refractivity contribution in [2.75, 3.05) is 39.3 Å². The predicted molar refractivity (Wildman–Crippen MR) is 80.5 cm³/mol. The molecule has 19 heavy (non-hydrogen) atoms. The molecule has 2 aliphatic heterocycles. The van der Waals surface area contributed by atoms with E-state index in [2.05, 4.69) is 24.1 Å². The molecule has 2 fully saturated rings. The standard InChI is InChI=1S/C16H32N2O/c1-3-18(13-16-7-5-11-19-16)10-8-14(2)15-6-4-9-17-12-15/h14-17H,3-13H2,1-2H3. The Morgan fingerprint density at radius 1 is 1.32 bits per heavy atom. The van der Waals surface area contributed by atoms with E-state index in [1.807, 2.05) is 0 Å². The third-order valence-corrected chi connectivity index (χ3v) is 4.97. The molecule has 2 heterocycles. The number of piperidine rings is 1. The minimum absolute atomic E-state index is 0.506. The molecule has 0 amide bonds. The third-order valence-electron chi connectivity index (χ3n) is 4.97. The van der Waals surface area contributed by atoms with Crippen LogP contribution in [-0.4, -0.2) is 50.3 Å². The molecule has 3 heteroatoms. The number of nitrogens with zero attached hydrogens (tertiary/aromatic N) is 1. The van der Waals surface area contributed by atoms with Gasteiger partial charge in [-0.1, -0.05) is 13.8 Å². The Hall–Kier alpha value is -0.120. The number of likely N-dealkylation sites (N-methyl/N-ethyl adjacent to an activating group) is 1. The summed E-state index contributed by atoms with van der Waals surface area (Å²) >= 11 is 0. The molecular weight excluding hydrogens is 236 g/mol. The van der Waals surface area contributed by atoms with Gasteiger partial charge in [0.1, 0.15) is 0 Å². The van der Waals surface area contributed by atoms with Crippen LogP contribution in [0.1, 0.15) is 46.0 Å². The van der Waals surface area contributed by atoms with Crippen molar-refractivity contribution in [3.63, 3.8) is 0 Å². The SMILES string of the molecule is CCN(CCC(C)C1CCCNC1)CC1CCCO1. The fraction of sp³-hybridized carbons (Fsp3) is 1.00. The van der Waals surface area contributed by atoms with Gasteiger partial charge in [0.25, 0.3) is 0 Å². The molecule has 2 saturated heterocycles. The summed E-state index contributed by atoms with van der Waals surface area (Å²) in [4.78, 5) is 2.59. The van der Waals surface area contributed by atoms with Crippen molar-refractivity contribution >= 4 is 0 Å². The highest BCUT2D eigenvalue weighted by Crippen LogP contribution is 2.23.